The maximum Gasteiger partial charge on any atom is 0.335 e. The molecule has 0 aromatic heterocycles. The van der Waals surface area contributed by atoms with Gasteiger partial charge in [-0.1, -0.05) is 12.1 Å². The van der Waals surface area contributed by atoms with Crippen LogP contribution in [0.1, 0.15) is 10.4 Å². The monoisotopic (exact) mass is 288 g/mol. The molecule has 21 heavy (non-hydrogen) atoms. The maximum absolute atomic E-state index is 11.1. The average Bonchev–Trinajstić information content (AvgIpc) is 2.53. The number of hydrogen-bond acceptors (Lipinski definition) is 4. The van der Waals surface area contributed by atoms with Gasteiger partial charge in [-0.3, -0.25) is 0 Å². The van der Waals surface area contributed by atoms with Gasteiger partial charge in [-0.2, -0.15) is 0 Å². The Labute approximate surface area is 122 Å². The molecule has 2 aromatic rings. The summed E-state index contributed by atoms with van der Waals surface area (Å²) in [6.07, 6.45) is 0. The van der Waals surface area contributed by atoms with Crippen LogP contribution >= 0.6 is 0 Å². The minimum absolute atomic E-state index is 0.212. The zero-order valence-corrected chi connectivity index (χ0v) is 12.0. The van der Waals surface area contributed by atoms with Crippen molar-refractivity contribution in [2.75, 3.05) is 21.3 Å². The molecule has 0 atom stereocenters. The zero-order valence-electron chi connectivity index (χ0n) is 12.0. The summed E-state index contributed by atoms with van der Waals surface area (Å²) in [6, 6.07) is 10.2. The topological polar surface area (TPSA) is 65.0 Å². The molecule has 0 saturated carbocycles. The second-order valence-corrected chi connectivity index (χ2v) is 4.27. The first-order chi connectivity index (χ1) is 10.1. The summed E-state index contributed by atoms with van der Waals surface area (Å²) in [5.74, 6) is 0.543. The van der Waals surface area contributed by atoms with E-state index >= 15 is 0 Å². The molecule has 1 N–H and O–H groups in total. The van der Waals surface area contributed by atoms with Gasteiger partial charge in [-0.15, -0.1) is 0 Å². The van der Waals surface area contributed by atoms with Gasteiger partial charge in [0.15, 0.2) is 11.5 Å². The smallest absolute Gasteiger partial charge is 0.335 e. The van der Waals surface area contributed by atoms with Crippen LogP contribution in [0.5, 0.6) is 17.2 Å². The van der Waals surface area contributed by atoms with Gasteiger partial charge in [-0.05, 0) is 29.8 Å². The molecule has 0 aliphatic carbocycles. The maximum atomic E-state index is 11.1. The lowest BCUT2D eigenvalue weighted by Crippen LogP contribution is -1.98. The van der Waals surface area contributed by atoms with Crippen molar-refractivity contribution in [3.05, 3.63) is 42.0 Å². The average molecular weight is 288 g/mol. The Morgan fingerprint density at radius 2 is 1.67 bits per heavy atom. The fraction of sp³-hybridized carbons (Fsp3) is 0.188. The van der Waals surface area contributed by atoms with E-state index in [0.29, 0.717) is 17.2 Å². The predicted octanol–water partition coefficient (Wildman–Crippen LogP) is 3.08. The minimum Gasteiger partial charge on any atom is -0.493 e. The first kappa shape index (κ1) is 14.7. The van der Waals surface area contributed by atoms with Crippen LogP contribution in [0.3, 0.4) is 0 Å². The van der Waals surface area contributed by atoms with E-state index in [1.165, 1.54) is 14.2 Å². The summed E-state index contributed by atoms with van der Waals surface area (Å²) in [4.78, 5) is 11.1. The van der Waals surface area contributed by atoms with Gasteiger partial charge < -0.3 is 19.3 Å². The van der Waals surface area contributed by atoms with E-state index in [1.54, 1.807) is 37.4 Å². The molecular weight excluding hydrogens is 272 g/mol. The van der Waals surface area contributed by atoms with Crippen molar-refractivity contribution in [3.63, 3.8) is 0 Å². The molecule has 5 nitrogen and oxygen atoms in total. The lowest BCUT2D eigenvalue weighted by molar-refractivity contribution is 0.0697. The standard InChI is InChI=1S/C16H16O5/c1-19-13-8-7-12(14(20-2)15(13)21-3)10-5-4-6-11(9-10)16(17)18/h4-9H,1-3H3,(H,17,18). The Hall–Kier alpha value is -2.69. The van der Waals surface area contributed by atoms with Gasteiger partial charge in [0.1, 0.15) is 0 Å². The van der Waals surface area contributed by atoms with E-state index in [1.807, 2.05) is 6.07 Å². The van der Waals surface area contributed by atoms with E-state index in [0.717, 1.165) is 11.1 Å². The summed E-state index contributed by atoms with van der Waals surface area (Å²) in [6.45, 7) is 0. The van der Waals surface area contributed by atoms with Gasteiger partial charge in [0, 0.05) is 5.56 Å². The molecule has 0 bridgehead atoms. The van der Waals surface area contributed by atoms with Gasteiger partial charge in [-0.25, -0.2) is 4.79 Å². The Morgan fingerprint density at radius 1 is 0.952 bits per heavy atom. The molecule has 0 amide bonds. The van der Waals surface area contributed by atoms with E-state index in [4.69, 9.17) is 19.3 Å². The molecule has 110 valence electrons. The lowest BCUT2D eigenvalue weighted by atomic mass is 10.0. The third kappa shape index (κ3) is 2.76. The van der Waals surface area contributed by atoms with Crippen LogP contribution in [-0.4, -0.2) is 32.4 Å². The number of carbonyl (C=O) groups is 1. The fourth-order valence-corrected chi connectivity index (χ4v) is 2.15. The van der Waals surface area contributed by atoms with Crippen LogP contribution < -0.4 is 14.2 Å². The third-order valence-electron chi connectivity index (χ3n) is 3.12. The molecule has 0 saturated heterocycles. The van der Waals surface area contributed by atoms with Crippen molar-refractivity contribution in [2.24, 2.45) is 0 Å². The highest BCUT2D eigenvalue weighted by Crippen LogP contribution is 2.44. The molecule has 0 spiro atoms. The Balaban J connectivity index is 2.63. The van der Waals surface area contributed by atoms with Crippen molar-refractivity contribution in [1.29, 1.82) is 0 Å². The van der Waals surface area contributed by atoms with Gasteiger partial charge >= 0.3 is 5.97 Å². The van der Waals surface area contributed by atoms with E-state index in [9.17, 15) is 4.79 Å². The van der Waals surface area contributed by atoms with E-state index < -0.39 is 5.97 Å². The van der Waals surface area contributed by atoms with Gasteiger partial charge in [0.25, 0.3) is 0 Å². The van der Waals surface area contributed by atoms with Gasteiger partial charge in [0.2, 0.25) is 5.75 Å². The molecule has 0 fully saturated rings. The van der Waals surface area contributed by atoms with E-state index in [-0.39, 0.29) is 5.56 Å². The summed E-state index contributed by atoms with van der Waals surface area (Å²) in [7, 11) is 4.60. The van der Waals surface area contributed by atoms with Crippen molar-refractivity contribution in [1.82, 2.24) is 0 Å². The summed E-state index contributed by atoms with van der Waals surface area (Å²) >= 11 is 0. The van der Waals surface area contributed by atoms with Crippen molar-refractivity contribution in [2.45, 2.75) is 0 Å². The minimum atomic E-state index is -0.976. The number of carboxylic acids is 1. The Kier molecular flexibility index (Phi) is 4.33. The van der Waals surface area contributed by atoms with Crippen LogP contribution in [0.4, 0.5) is 0 Å². The van der Waals surface area contributed by atoms with Gasteiger partial charge in [0.05, 0.1) is 26.9 Å². The summed E-state index contributed by atoms with van der Waals surface area (Å²) in [5.41, 5.74) is 1.68. The molecule has 0 unspecified atom stereocenters. The highest BCUT2D eigenvalue weighted by molar-refractivity contribution is 5.90. The van der Waals surface area contributed by atoms with Crippen molar-refractivity contribution >= 4 is 5.97 Å². The summed E-state index contributed by atoms with van der Waals surface area (Å²) in [5, 5.41) is 9.09. The SMILES string of the molecule is COc1ccc(-c2cccc(C(=O)O)c2)c(OC)c1OC. The zero-order chi connectivity index (χ0) is 15.4. The highest BCUT2D eigenvalue weighted by atomic mass is 16.5. The first-order valence-electron chi connectivity index (χ1n) is 6.25. The van der Waals surface area contributed by atoms with Crippen LogP contribution in [0.2, 0.25) is 0 Å². The number of hydrogen-bond donors (Lipinski definition) is 1. The quantitative estimate of drug-likeness (QED) is 0.916. The molecule has 0 heterocycles. The number of carboxylic acid groups (broad SMARTS) is 1. The fourth-order valence-electron chi connectivity index (χ4n) is 2.15. The second kappa shape index (κ2) is 6.17. The number of methoxy groups -OCH3 is 3. The number of rotatable bonds is 5. The summed E-state index contributed by atoms with van der Waals surface area (Å²) < 4.78 is 16.0. The van der Waals surface area contributed by atoms with Crippen LogP contribution in [0.15, 0.2) is 36.4 Å². The molecule has 0 radical (unpaired) electrons. The molecule has 2 aromatic carbocycles. The Morgan fingerprint density at radius 3 is 2.24 bits per heavy atom. The normalized spacial score (nSPS) is 10.0. The molecular formula is C16H16O5. The van der Waals surface area contributed by atoms with Crippen molar-refractivity contribution < 1.29 is 24.1 Å². The molecule has 5 heteroatoms. The van der Waals surface area contributed by atoms with Crippen molar-refractivity contribution in [3.8, 4) is 28.4 Å². The number of ether oxygens (including phenoxy) is 3. The largest absolute Gasteiger partial charge is 0.493 e. The number of benzene rings is 2. The highest BCUT2D eigenvalue weighted by Gasteiger charge is 2.17. The number of aromatic carboxylic acids is 1. The molecule has 2 rings (SSSR count). The third-order valence-corrected chi connectivity index (χ3v) is 3.12. The van der Waals surface area contributed by atoms with Crippen LogP contribution in [-0.2, 0) is 0 Å². The predicted molar refractivity (Wildman–Crippen MR) is 78.5 cm³/mol. The first-order valence-corrected chi connectivity index (χ1v) is 6.25. The van der Waals surface area contributed by atoms with Crippen LogP contribution in [0, 0.1) is 0 Å². The molecule has 0 aliphatic rings. The second-order valence-electron chi connectivity index (χ2n) is 4.27. The Bertz CT molecular complexity index is 664. The van der Waals surface area contributed by atoms with Crippen LogP contribution in [0.25, 0.3) is 11.1 Å². The molecule has 0 aliphatic heterocycles. The van der Waals surface area contributed by atoms with E-state index in [2.05, 4.69) is 0 Å². The lowest BCUT2D eigenvalue weighted by Gasteiger charge is -2.16.